The molecule has 2 atom stereocenters. The summed E-state index contributed by atoms with van der Waals surface area (Å²) in [6.45, 7) is 10.0. The number of benzene rings is 1. The Bertz CT molecular complexity index is 476. The SMILES string of the molecule is CC(=O)CCc1ccc(OCCC[NH+]2C[C@H](C)O[C@@H](C)C2)cc1. The van der Waals surface area contributed by atoms with Gasteiger partial charge in [-0.25, -0.2) is 0 Å². The Morgan fingerprint density at radius 2 is 1.87 bits per heavy atom. The summed E-state index contributed by atoms with van der Waals surface area (Å²) in [5.74, 6) is 1.15. The minimum absolute atomic E-state index is 0.236. The number of ether oxygens (including phenoxy) is 2. The van der Waals surface area contributed by atoms with Gasteiger partial charge in [0.25, 0.3) is 0 Å². The standard InChI is InChI=1S/C19H29NO3/c1-15(21)5-6-18-7-9-19(10-8-18)22-12-4-11-20-13-16(2)23-17(3)14-20/h7-10,16-17H,4-6,11-14H2,1-3H3/p+1/t16-,17-/m0/s1. The molecule has 4 heteroatoms. The zero-order valence-corrected chi connectivity index (χ0v) is 14.6. The van der Waals surface area contributed by atoms with Crippen LogP contribution in [0.4, 0.5) is 0 Å². The van der Waals surface area contributed by atoms with E-state index in [1.807, 2.05) is 12.1 Å². The first kappa shape index (κ1) is 18.0. The van der Waals surface area contributed by atoms with Gasteiger partial charge in [0.15, 0.2) is 0 Å². The molecular weight excluding hydrogens is 290 g/mol. The summed E-state index contributed by atoms with van der Waals surface area (Å²) in [6.07, 6.45) is 3.20. The van der Waals surface area contributed by atoms with Crippen molar-refractivity contribution in [1.29, 1.82) is 0 Å². The summed E-state index contributed by atoms with van der Waals surface area (Å²) in [6, 6.07) is 8.10. The number of nitrogens with one attached hydrogen (secondary N) is 1. The Hall–Kier alpha value is -1.39. The molecule has 4 nitrogen and oxygen atoms in total. The van der Waals surface area contributed by atoms with Gasteiger partial charge in [-0.3, -0.25) is 0 Å². The van der Waals surface area contributed by atoms with Crippen molar-refractivity contribution < 1.29 is 19.2 Å². The van der Waals surface area contributed by atoms with Crippen LogP contribution in [0.25, 0.3) is 0 Å². The predicted octanol–water partition coefficient (Wildman–Crippen LogP) is 1.67. The number of hydrogen-bond donors (Lipinski definition) is 1. The molecule has 0 aromatic heterocycles. The topological polar surface area (TPSA) is 40.0 Å². The number of hydrogen-bond acceptors (Lipinski definition) is 3. The van der Waals surface area contributed by atoms with Crippen LogP contribution in [0.5, 0.6) is 5.75 Å². The van der Waals surface area contributed by atoms with Gasteiger partial charge in [0, 0.05) is 12.8 Å². The average molecular weight is 320 g/mol. The van der Waals surface area contributed by atoms with Crippen molar-refractivity contribution in [3.05, 3.63) is 29.8 Å². The third kappa shape index (κ3) is 6.71. The molecule has 1 N–H and O–H groups in total. The third-order valence-electron chi connectivity index (χ3n) is 4.25. The van der Waals surface area contributed by atoms with E-state index in [0.29, 0.717) is 18.6 Å². The van der Waals surface area contributed by atoms with Gasteiger partial charge in [-0.2, -0.15) is 0 Å². The lowest BCUT2D eigenvalue weighted by atomic mass is 10.1. The number of carbonyl (C=O) groups is 1. The van der Waals surface area contributed by atoms with Crippen LogP contribution in [0, 0.1) is 0 Å². The molecule has 23 heavy (non-hydrogen) atoms. The van der Waals surface area contributed by atoms with Gasteiger partial charge in [-0.15, -0.1) is 0 Å². The van der Waals surface area contributed by atoms with Crippen LogP contribution in [-0.4, -0.2) is 44.2 Å². The molecule has 0 amide bonds. The van der Waals surface area contributed by atoms with Crippen molar-refractivity contribution in [2.75, 3.05) is 26.2 Å². The Balaban J connectivity index is 1.65. The number of ketones is 1. The van der Waals surface area contributed by atoms with Gasteiger partial charge in [-0.1, -0.05) is 12.1 Å². The molecule has 0 radical (unpaired) electrons. The molecule has 2 rings (SSSR count). The van der Waals surface area contributed by atoms with Crippen molar-refractivity contribution >= 4 is 5.78 Å². The highest BCUT2D eigenvalue weighted by Crippen LogP contribution is 2.13. The van der Waals surface area contributed by atoms with Gasteiger partial charge >= 0.3 is 0 Å². The molecule has 1 aliphatic rings. The van der Waals surface area contributed by atoms with Crippen molar-refractivity contribution in [3.63, 3.8) is 0 Å². The van der Waals surface area contributed by atoms with Gasteiger partial charge in [0.1, 0.15) is 36.8 Å². The van der Waals surface area contributed by atoms with Crippen molar-refractivity contribution in [3.8, 4) is 5.75 Å². The van der Waals surface area contributed by atoms with E-state index < -0.39 is 0 Å². The monoisotopic (exact) mass is 320 g/mol. The molecule has 1 aliphatic heterocycles. The van der Waals surface area contributed by atoms with Crippen LogP contribution in [0.1, 0.15) is 39.2 Å². The molecule has 0 spiro atoms. The van der Waals surface area contributed by atoms with Crippen molar-refractivity contribution in [2.24, 2.45) is 0 Å². The Morgan fingerprint density at radius 3 is 2.48 bits per heavy atom. The van der Waals surface area contributed by atoms with E-state index in [-0.39, 0.29) is 5.78 Å². The molecule has 1 fully saturated rings. The number of quaternary nitrogens is 1. The molecule has 1 aromatic rings. The fraction of sp³-hybridized carbons (Fsp3) is 0.632. The van der Waals surface area contributed by atoms with Crippen LogP contribution in [0.2, 0.25) is 0 Å². The highest BCUT2D eigenvalue weighted by Gasteiger charge is 2.24. The predicted molar refractivity (Wildman–Crippen MR) is 91.1 cm³/mol. The van der Waals surface area contributed by atoms with Gasteiger partial charge in [0.2, 0.25) is 0 Å². The van der Waals surface area contributed by atoms with E-state index in [0.717, 1.165) is 44.8 Å². The second kappa shape index (κ2) is 9.04. The summed E-state index contributed by atoms with van der Waals surface area (Å²) < 4.78 is 11.6. The summed E-state index contributed by atoms with van der Waals surface area (Å²) in [5.41, 5.74) is 1.19. The van der Waals surface area contributed by atoms with E-state index >= 15 is 0 Å². The molecular formula is C19H30NO3+. The Kier molecular flexibility index (Phi) is 7.06. The second-order valence-corrected chi connectivity index (χ2v) is 6.71. The summed E-state index contributed by atoms with van der Waals surface area (Å²) in [5, 5.41) is 0. The van der Waals surface area contributed by atoms with Gasteiger partial charge < -0.3 is 19.2 Å². The van der Waals surface area contributed by atoms with Gasteiger partial charge in [0.05, 0.1) is 13.2 Å². The van der Waals surface area contributed by atoms with Crippen LogP contribution in [-0.2, 0) is 16.0 Å². The minimum atomic E-state index is 0.236. The normalized spacial score (nSPS) is 24.4. The lowest BCUT2D eigenvalue weighted by molar-refractivity contribution is -0.915. The van der Waals surface area contributed by atoms with E-state index in [1.165, 1.54) is 5.56 Å². The molecule has 128 valence electrons. The number of aryl methyl sites for hydroxylation is 1. The number of carbonyl (C=O) groups excluding carboxylic acids is 1. The summed E-state index contributed by atoms with van der Waals surface area (Å²) in [7, 11) is 0. The smallest absolute Gasteiger partial charge is 0.130 e. The fourth-order valence-corrected chi connectivity index (χ4v) is 3.18. The lowest BCUT2D eigenvalue weighted by Gasteiger charge is -2.32. The zero-order chi connectivity index (χ0) is 16.7. The van der Waals surface area contributed by atoms with Crippen LogP contribution in [0.3, 0.4) is 0 Å². The summed E-state index contributed by atoms with van der Waals surface area (Å²) in [4.78, 5) is 12.6. The lowest BCUT2D eigenvalue weighted by Crippen LogP contribution is -3.15. The number of morpholine rings is 1. The third-order valence-corrected chi connectivity index (χ3v) is 4.25. The molecule has 1 aromatic carbocycles. The number of Topliss-reactive ketones (excluding diaryl/α,β-unsaturated/α-hetero) is 1. The van der Waals surface area contributed by atoms with E-state index in [9.17, 15) is 4.79 Å². The Morgan fingerprint density at radius 1 is 1.22 bits per heavy atom. The quantitative estimate of drug-likeness (QED) is 0.741. The van der Waals surface area contributed by atoms with E-state index in [2.05, 4.69) is 26.0 Å². The molecule has 0 aliphatic carbocycles. The molecule has 0 bridgehead atoms. The van der Waals surface area contributed by atoms with Crippen LogP contribution in [0.15, 0.2) is 24.3 Å². The fourth-order valence-electron chi connectivity index (χ4n) is 3.18. The first-order chi connectivity index (χ1) is 11.0. The minimum Gasteiger partial charge on any atom is -0.493 e. The van der Waals surface area contributed by atoms with Gasteiger partial charge in [-0.05, 0) is 44.9 Å². The molecule has 1 saturated heterocycles. The van der Waals surface area contributed by atoms with Crippen LogP contribution < -0.4 is 9.64 Å². The maximum absolute atomic E-state index is 11.0. The first-order valence-corrected chi connectivity index (χ1v) is 8.73. The highest BCUT2D eigenvalue weighted by molar-refractivity contribution is 5.75. The second-order valence-electron chi connectivity index (χ2n) is 6.71. The van der Waals surface area contributed by atoms with E-state index in [1.54, 1.807) is 11.8 Å². The zero-order valence-electron chi connectivity index (χ0n) is 14.6. The maximum atomic E-state index is 11.0. The maximum Gasteiger partial charge on any atom is 0.130 e. The molecule has 1 heterocycles. The summed E-state index contributed by atoms with van der Waals surface area (Å²) >= 11 is 0. The van der Waals surface area contributed by atoms with E-state index in [4.69, 9.17) is 9.47 Å². The largest absolute Gasteiger partial charge is 0.493 e. The Labute approximate surface area is 139 Å². The first-order valence-electron chi connectivity index (χ1n) is 8.73. The number of rotatable bonds is 8. The average Bonchev–Trinajstić information content (AvgIpc) is 2.50. The molecule has 0 saturated carbocycles. The van der Waals surface area contributed by atoms with Crippen molar-refractivity contribution in [2.45, 2.75) is 52.2 Å². The highest BCUT2D eigenvalue weighted by atomic mass is 16.5. The van der Waals surface area contributed by atoms with Crippen molar-refractivity contribution in [1.82, 2.24) is 0 Å². The van der Waals surface area contributed by atoms with Crippen LogP contribution >= 0.6 is 0 Å². The molecule has 0 unspecified atom stereocenters.